The Labute approximate surface area is 156 Å². The molecule has 0 radical (unpaired) electrons. The number of anilines is 1. The topological polar surface area (TPSA) is 79.2 Å². The number of nitriles is 1. The largest absolute Gasteiger partial charge is 0.444 e. The number of hydrogen-bond acceptors (Lipinski definition) is 5. The monoisotopic (exact) mass is 368 g/mol. The average molecular weight is 368 g/mol. The summed E-state index contributed by atoms with van der Waals surface area (Å²) in [7, 11) is 0. The number of fused-ring (bicyclic) bond motifs is 1. The van der Waals surface area contributed by atoms with Crippen molar-refractivity contribution in [2.24, 2.45) is 0 Å². The molecule has 0 aliphatic heterocycles. The van der Waals surface area contributed by atoms with Gasteiger partial charge in [0.2, 0.25) is 0 Å². The minimum absolute atomic E-state index is 0.139. The van der Waals surface area contributed by atoms with Crippen molar-refractivity contribution in [1.82, 2.24) is 0 Å². The molecule has 6 heteroatoms. The van der Waals surface area contributed by atoms with E-state index in [1.807, 2.05) is 6.07 Å². The van der Waals surface area contributed by atoms with Gasteiger partial charge in [-0.15, -0.1) is 11.3 Å². The van der Waals surface area contributed by atoms with Crippen LogP contribution in [0.1, 0.15) is 59.1 Å². The molecule has 2 aromatic rings. The fourth-order valence-corrected chi connectivity index (χ4v) is 4.24. The maximum absolute atomic E-state index is 13.1. The number of carbonyl (C=O) groups is 2. The lowest BCUT2D eigenvalue weighted by molar-refractivity contribution is 0.0636. The average Bonchev–Trinajstić information content (AvgIpc) is 3.13. The van der Waals surface area contributed by atoms with Crippen LogP contribution in [0.4, 0.5) is 9.80 Å². The highest BCUT2D eigenvalue weighted by atomic mass is 32.1. The number of nitrogens with one attached hydrogen (secondary N) is 1. The molecule has 0 atom stereocenters. The molecule has 1 aliphatic rings. The lowest BCUT2D eigenvalue weighted by Crippen LogP contribution is -2.27. The van der Waals surface area contributed by atoms with Crippen molar-refractivity contribution < 1.29 is 14.3 Å². The molecule has 0 unspecified atom stereocenters. The second-order valence-electron chi connectivity index (χ2n) is 7.21. The van der Waals surface area contributed by atoms with Crippen LogP contribution < -0.4 is 5.32 Å². The Morgan fingerprint density at radius 3 is 2.50 bits per heavy atom. The second kappa shape index (κ2) is 6.93. The number of hydrogen-bond donors (Lipinski definition) is 1. The maximum Gasteiger partial charge on any atom is 0.412 e. The fraction of sp³-hybridized carbons (Fsp3) is 0.350. The Morgan fingerprint density at radius 2 is 1.88 bits per heavy atom. The van der Waals surface area contributed by atoms with Crippen molar-refractivity contribution in [2.45, 2.75) is 45.6 Å². The van der Waals surface area contributed by atoms with Gasteiger partial charge in [0.25, 0.3) is 0 Å². The number of ketones is 1. The van der Waals surface area contributed by atoms with Gasteiger partial charge in [-0.3, -0.25) is 10.1 Å². The maximum atomic E-state index is 13.1. The van der Waals surface area contributed by atoms with E-state index in [1.165, 1.54) is 11.3 Å². The summed E-state index contributed by atoms with van der Waals surface area (Å²) in [5.74, 6) is -0.139. The Balaban J connectivity index is 1.93. The molecule has 1 N–H and O–H groups in total. The smallest absolute Gasteiger partial charge is 0.412 e. The van der Waals surface area contributed by atoms with Gasteiger partial charge in [-0.2, -0.15) is 5.26 Å². The Bertz CT molecular complexity index is 899. The van der Waals surface area contributed by atoms with E-state index in [-0.39, 0.29) is 5.78 Å². The second-order valence-corrected chi connectivity index (χ2v) is 8.31. The van der Waals surface area contributed by atoms with Gasteiger partial charge in [0.1, 0.15) is 10.6 Å². The Kier molecular flexibility index (Phi) is 4.84. The molecular formula is C20H20N2O3S. The van der Waals surface area contributed by atoms with Crippen LogP contribution in [-0.2, 0) is 17.6 Å². The molecule has 134 valence electrons. The first kappa shape index (κ1) is 18.2. The number of aryl methyl sites for hydroxylation is 1. The predicted octanol–water partition coefficient (Wildman–Crippen LogP) is 4.69. The molecular weight excluding hydrogens is 348 g/mol. The Morgan fingerprint density at radius 1 is 1.19 bits per heavy atom. The zero-order valence-corrected chi connectivity index (χ0v) is 15.8. The highest BCUT2D eigenvalue weighted by Gasteiger charge is 2.29. The molecule has 0 saturated heterocycles. The van der Waals surface area contributed by atoms with E-state index in [0.717, 1.165) is 29.7 Å². The normalized spacial score (nSPS) is 13.0. The summed E-state index contributed by atoms with van der Waals surface area (Å²) in [5.41, 5.74) is 1.97. The van der Waals surface area contributed by atoms with Crippen molar-refractivity contribution in [1.29, 1.82) is 5.26 Å². The van der Waals surface area contributed by atoms with E-state index in [9.17, 15) is 9.59 Å². The van der Waals surface area contributed by atoms with Crippen LogP contribution in [0.5, 0.6) is 0 Å². The quantitative estimate of drug-likeness (QED) is 0.797. The summed E-state index contributed by atoms with van der Waals surface area (Å²) in [4.78, 5) is 26.4. The zero-order chi connectivity index (χ0) is 18.9. The molecule has 1 heterocycles. The molecule has 1 aromatic carbocycles. The van der Waals surface area contributed by atoms with Crippen LogP contribution in [0.2, 0.25) is 0 Å². The number of thiophene rings is 1. The third kappa shape index (κ3) is 3.78. The van der Waals surface area contributed by atoms with E-state index >= 15 is 0 Å². The lowest BCUT2D eigenvalue weighted by atomic mass is 9.99. The zero-order valence-electron chi connectivity index (χ0n) is 15.0. The van der Waals surface area contributed by atoms with Crippen LogP contribution in [-0.4, -0.2) is 17.5 Å². The summed E-state index contributed by atoms with van der Waals surface area (Å²) < 4.78 is 5.32. The molecule has 1 aliphatic carbocycles. The molecule has 5 nitrogen and oxygen atoms in total. The lowest BCUT2D eigenvalue weighted by Gasteiger charge is -2.19. The van der Waals surface area contributed by atoms with E-state index < -0.39 is 11.7 Å². The first-order valence-electron chi connectivity index (χ1n) is 8.48. The first-order valence-corrected chi connectivity index (χ1v) is 9.29. The molecule has 26 heavy (non-hydrogen) atoms. The van der Waals surface area contributed by atoms with Gasteiger partial charge in [0.15, 0.2) is 5.78 Å². The fourth-order valence-electron chi connectivity index (χ4n) is 2.97. The number of ether oxygens (including phenoxy) is 1. The number of nitrogens with zero attached hydrogens (tertiary/aromatic N) is 1. The summed E-state index contributed by atoms with van der Waals surface area (Å²) in [6, 6.07) is 8.60. The number of benzene rings is 1. The number of rotatable bonds is 3. The van der Waals surface area contributed by atoms with Crippen molar-refractivity contribution in [3.63, 3.8) is 0 Å². The number of amides is 1. The van der Waals surface area contributed by atoms with Gasteiger partial charge in [-0.1, -0.05) is 0 Å². The molecule has 0 fully saturated rings. The third-order valence-electron chi connectivity index (χ3n) is 4.04. The highest BCUT2D eigenvalue weighted by Crippen LogP contribution is 2.40. The van der Waals surface area contributed by atoms with Crippen LogP contribution >= 0.6 is 11.3 Å². The summed E-state index contributed by atoms with van der Waals surface area (Å²) in [6.07, 6.45) is 2.20. The predicted molar refractivity (Wildman–Crippen MR) is 101 cm³/mol. The van der Waals surface area contributed by atoms with E-state index in [0.29, 0.717) is 21.7 Å². The minimum atomic E-state index is -0.610. The Hall–Kier alpha value is -2.65. The van der Waals surface area contributed by atoms with Gasteiger partial charge in [-0.05, 0) is 69.9 Å². The molecule has 3 rings (SSSR count). The molecule has 0 spiro atoms. The van der Waals surface area contributed by atoms with Crippen molar-refractivity contribution in [3.05, 3.63) is 51.4 Å². The SMILES string of the molecule is CC(C)(C)OC(=O)Nc1sc2c(c1C(=O)c1ccc(C#N)cc1)CCC2. The molecule has 1 amide bonds. The van der Waals surface area contributed by atoms with Crippen LogP contribution in [0, 0.1) is 11.3 Å². The minimum Gasteiger partial charge on any atom is -0.444 e. The summed E-state index contributed by atoms with van der Waals surface area (Å²) >= 11 is 1.45. The standard InChI is InChI=1S/C20H20N2O3S/c1-20(2,3)25-19(24)22-18-16(14-5-4-6-15(14)26-18)17(23)13-9-7-12(11-21)8-10-13/h7-10H,4-6H2,1-3H3,(H,22,24). The summed E-state index contributed by atoms with van der Waals surface area (Å²) in [5, 5.41) is 12.2. The van der Waals surface area contributed by atoms with Gasteiger partial charge in [-0.25, -0.2) is 4.79 Å². The van der Waals surface area contributed by atoms with Crippen molar-refractivity contribution >= 4 is 28.2 Å². The van der Waals surface area contributed by atoms with Gasteiger partial charge in [0.05, 0.1) is 17.2 Å². The first-order chi connectivity index (χ1) is 12.3. The van der Waals surface area contributed by atoms with E-state index in [4.69, 9.17) is 10.00 Å². The van der Waals surface area contributed by atoms with Crippen molar-refractivity contribution in [2.75, 3.05) is 5.32 Å². The van der Waals surface area contributed by atoms with Gasteiger partial charge < -0.3 is 4.74 Å². The number of carbonyl (C=O) groups excluding carboxylic acids is 2. The molecule has 1 aromatic heterocycles. The van der Waals surface area contributed by atoms with Crippen molar-refractivity contribution in [3.8, 4) is 6.07 Å². The summed E-state index contributed by atoms with van der Waals surface area (Å²) in [6.45, 7) is 5.39. The van der Waals surface area contributed by atoms with Gasteiger partial charge in [0, 0.05) is 10.4 Å². The van der Waals surface area contributed by atoms with Crippen LogP contribution in [0.3, 0.4) is 0 Å². The molecule has 0 saturated carbocycles. The van der Waals surface area contributed by atoms with Gasteiger partial charge >= 0.3 is 6.09 Å². The van der Waals surface area contributed by atoms with E-state index in [2.05, 4.69) is 5.32 Å². The van der Waals surface area contributed by atoms with E-state index in [1.54, 1.807) is 45.0 Å². The highest BCUT2D eigenvalue weighted by molar-refractivity contribution is 7.17. The van der Waals surface area contributed by atoms with Crippen LogP contribution in [0.15, 0.2) is 24.3 Å². The molecule has 0 bridgehead atoms. The third-order valence-corrected chi connectivity index (χ3v) is 5.25. The van der Waals surface area contributed by atoms with Crippen LogP contribution in [0.25, 0.3) is 0 Å².